The molecule has 1 aromatic heterocycles. The van der Waals surface area contributed by atoms with Crippen LogP contribution in [0.1, 0.15) is 32.8 Å². The van der Waals surface area contributed by atoms with Gasteiger partial charge in [0, 0.05) is 23.5 Å². The van der Waals surface area contributed by atoms with Gasteiger partial charge in [0.25, 0.3) is 0 Å². The number of hydrogen-bond donors (Lipinski definition) is 2. The van der Waals surface area contributed by atoms with Crippen LogP contribution in [0, 0.1) is 5.41 Å². The van der Waals surface area contributed by atoms with E-state index >= 15 is 0 Å². The van der Waals surface area contributed by atoms with Crippen LogP contribution in [0.25, 0.3) is 10.9 Å². The highest BCUT2D eigenvalue weighted by Gasteiger charge is 2.15. The molecule has 20 heavy (non-hydrogen) atoms. The lowest BCUT2D eigenvalue weighted by molar-refractivity contribution is 0.624. The highest BCUT2D eigenvalue weighted by molar-refractivity contribution is 6.07. The minimum absolute atomic E-state index is 0.0880. The smallest absolute Gasteiger partial charge is 0.130 e. The van der Waals surface area contributed by atoms with Crippen molar-refractivity contribution in [2.24, 2.45) is 5.73 Å². The van der Waals surface area contributed by atoms with E-state index in [4.69, 9.17) is 16.1 Å². The van der Waals surface area contributed by atoms with Gasteiger partial charge in [-0.1, -0.05) is 25.1 Å². The maximum Gasteiger partial charge on any atom is 0.130 e. The topological polar surface area (TPSA) is 66.0 Å². The zero-order valence-corrected chi connectivity index (χ0v) is 12.4. The van der Waals surface area contributed by atoms with Crippen molar-refractivity contribution in [1.82, 2.24) is 4.98 Å². The predicted octanol–water partition coefficient (Wildman–Crippen LogP) is 3.14. The number of pyridine rings is 1. The fourth-order valence-corrected chi connectivity index (χ4v) is 2.45. The molecule has 106 valence electrons. The predicted molar refractivity (Wildman–Crippen MR) is 85.5 cm³/mol. The Bertz CT molecular complexity index is 621. The van der Waals surface area contributed by atoms with Crippen LogP contribution >= 0.6 is 0 Å². The molecule has 1 atom stereocenters. The number of nitrogen functional groups attached to an aromatic ring is 1. The van der Waals surface area contributed by atoms with Crippen molar-refractivity contribution >= 4 is 22.6 Å². The lowest BCUT2D eigenvalue weighted by atomic mass is 10.1. The number of nitrogens with one attached hydrogen (secondary N) is 1. The summed E-state index contributed by atoms with van der Waals surface area (Å²) in [7, 11) is 0. The molecule has 0 amide bonds. The lowest BCUT2D eigenvalue weighted by Crippen LogP contribution is -2.33. The Balaban J connectivity index is 2.63. The zero-order chi connectivity index (χ0) is 14.7. The number of nitrogens with two attached hydrogens (primary N) is 1. The molecule has 0 spiro atoms. The molecule has 0 fully saturated rings. The molecule has 0 radical (unpaired) electrons. The van der Waals surface area contributed by atoms with Crippen LogP contribution in [0.3, 0.4) is 0 Å². The molecule has 2 rings (SSSR count). The van der Waals surface area contributed by atoms with Crippen LogP contribution in [0.4, 0.5) is 5.82 Å². The van der Waals surface area contributed by atoms with Gasteiger partial charge in [-0.25, -0.2) is 4.98 Å². The normalized spacial score (nSPS) is 12.3. The maximum atomic E-state index is 7.80. The molecule has 0 aliphatic rings. The standard InChI is InChI=1S/C16H22N4/c1-4-11(3)20(5-2)15-10-13(16(17)18)12-8-6-7-9-14(12)19-15/h6-11H,4-5H2,1-3H3,(H3,17,18). The first-order valence-corrected chi connectivity index (χ1v) is 7.09. The Morgan fingerprint density at radius 2 is 2.05 bits per heavy atom. The second-order valence-corrected chi connectivity index (χ2v) is 5.00. The molecule has 2 aromatic rings. The van der Waals surface area contributed by atoms with Crippen LogP contribution in [-0.4, -0.2) is 23.4 Å². The van der Waals surface area contributed by atoms with Crippen molar-refractivity contribution in [1.29, 1.82) is 5.41 Å². The summed E-state index contributed by atoms with van der Waals surface area (Å²) in [6.07, 6.45) is 1.05. The third-order valence-corrected chi connectivity index (χ3v) is 3.75. The number of aromatic nitrogens is 1. The number of benzene rings is 1. The van der Waals surface area contributed by atoms with Crippen molar-refractivity contribution in [3.8, 4) is 0 Å². The molecule has 1 unspecified atom stereocenters. The molecule has 0 aliphatic heterocycles. The van der Waals surface area contributed by atoms with E-state index in [1.54, 1.807) is 0 Å². The number of para-hydroxylation sites is 1. The van der Waals surface area contributed by atoms with Gasteiger partial charge in [-0.3, -0.25) is 5.41 Å². The van der Waals surface area contributed by atoms with Gasteiger partial charge in [0.1, 0.15) is 11.7 Å². The van der Waals surface area contributed by atoms with Crippen molar-refractivity contribution in [2.75, 3.05) is 11.4 Å². The Morgan fingerprint density at radius 3 is 2.65 bits per heavy atom. The number of fused-ring (bicyclic) bond motifs is 1. The Hall–Kier alpha value is -2.10. The molecule has 0 aliphatic carbocycles. The Labute approximate surface area is 120 Å². The van der Waals surface area contributed by atoms with Crippen LogP contribution in [-0.2, 0) is 0 Å². The molecular weight excluding hydrogens is 248 g/mol. The Morgan fingerprint density at radius 1 is 1.35 bits per heavy atom. The highest BCUT2D eigenvalue weighted by Crippen LogP contribution is 2.24. The zero-order valence-electron chi connectivity index (χ0n) is 12.4. The molecule has 0 saturated heterocycles. The lowest BCUT2D eigenvalue weighted by Gasteiger charge is -2.29. The highest BCUT2D eigenvalue weighted by atomic mass is 15.2. The quantitative estimate of drug-likeness (QED) is 0.648. The number of hydrogen-bond acceptors (Lipinski definition) is 3. The number of anilines is 1. The fraction of sp³-hybridized carbons (Fsp3) is 0.375. The van der Waals surface area contributed by atoms with Gasteiger partial charge in [0.15, 0.2) is 0 Å². The van der Waals surface area contributed by atoms with E-state index in [-0.39, 0.29) is 5.84 Å². The van der Waals surface area contributed by atoms with E-state index in [0.717, 1.165) is 35.2 Å². The molecule has 1 aromatic carbocycles. The summed E-state index contributed by atoms with van der Waals surface area (Å²) in [5, 5.41) is 8.73. The number of amidine groups is 1. The average Bonchev–Trinajstić information content (AvgIpc) is 2.46. The number of rotatable bonds is 5. The average molecular weight is 270 g/mol. The van der Waals surface area contributed by atoms with E-state index in [2.05, 4.69) is 25.7 Å². The third-order valence-electron chi connectivity index (χ3n) is 3.75. The molecule has 3 N–H and O–H groups in total. The van der Waals surface area contributed by atoms with Crippen LogP contribution < -0.4 is 10.6 Å². The summed E-state index contributed by atoms with van der Waals surface area (Å²) in [5.41, 5.74) is 7.38. The second kappa shape index (κ2) is 5.90. The van der Waals surface area contributed by atoms with Crippen molar-refractivity contribution in [2.45, 2.75) is 33.2 Å². The van der Waals surface area contributed by atoms with Gasteiger partial charge >= 0.3 is 0 Å². The maximum absolute atomic E-state index is 7.80. The summed E-state index contributed by atoms with van der Waals surface area (Å²) >= 11 is 0. The first-order chi connectivity index (χ1) is 9.58. The molecular formula is C16H22N4. The Kier molecular flexibility index (Phi) is 4.23. The fourth-order valence-electron chi connectivity index (χ4n) is 2.45. The van der Waals surface area contributed by atoms with Gasteiger partial charge in [-0.05, 0) is 32.4 Å². The molecule has 0 saturated carbocycles. The van der Waals surface area contributed by atoms with E-state index in [1.165, 1.54) is 0 Å². The van der Waals surface area contributed by atoms with Gasteiger partial charge in [-0.2, -0.15) is 0 Å². The molecule has 4 nitrogen and oxygen atoms in total. The summed E-state index contributed by atoms with van der Waals surface area (Å²) in [6.45, 7) is 7.36. The van der Waals surface area contributed by atoms with Crippen LogP contribution in [0.5, 0.6) is 0 Å². The van der Waals surface area contributed by atoms with Gasteiger partial charge in [0.05, 0.1) is 5.52 Å². The number of nitrogens with zero attached hydrogens (tertiary/aromatic N) is 2. The minimum Gasteiger partial charge on any atom is -0.384 e. The van der Waals surface area contributed by atoms with Crippen LogP contribution in [0.15, 0.2) is 30.3 Å². The van der Waals surface area contributed by atoms with Crippen molar-refractivity contribution < 1.29 is 0 Å². The molecule has 4 heteroatoms. The first kappa shape index (κ1) is 14.3. The van der Waals surface area contributed by atoms with Crippen LogP contribution in [0.2, 0.25) is 0 Å². The minimum atomic E-state index is 0.0880. The second-order valence-electron chi connectivity index (χ2n) is 5.00. The van der Waals surface area contributed by atoms with Gasteiger partial charge < -0.3 is 10.6 Å². The summed E-state index contributed by atoms with van der Waals surface area (Å²) in [4.78, 5) is 6.98. The molecule has 1 heterocycles. The van der Waals surface area contributed by atoms with Crippen molar-refractivity contribution in [3.63, 3.8) is 0 Å². The van der Waals surface area contributed by atoms with Gasteiger partial charge in [-0.15, -0.1) is 0 Å². The summed E-state index contributed by atoms with van der Waals surface area (Å²) < 4.78 is 0. The largest absolute Gasteiger partial charge is 0.384 e. The van der Waals surface area contributed by atoms with E-state index < -0.39 is 0 Å². The van der Waals surface area contributed by atoms with Crippen molar-refractivity contribution in [3.05, 3.63) is 35.9 Å². The van der Waals surface area contributed by atoms with Gasteiger partial charge in [0.2, 0.25) is 0 Å². The third kappa shape index (κ3) is 2.59. The van der Waals surface area contributed by atoms with E-state index in [0.29, 0.717) is 6.04 Å². The van der Waals surface area contributed by atoms with E-state index in [1.807, 2.05) is 30.3 Å². The molecule has 0 bridgehead atoms. The summed E-state index contributed by atoms with van der Waals surface area (Å²) in [6, 6.07) is 10.2. The summed E-state index contributed by atoms with van der Waals surface area (Å²) in [5.74, 6) is 0.982. The monoisotopic (exact) mass is 270 g/mol. The first-order valence-electron chi connectivity index (χ1n) is 7.09. The SMILES string of the molecule is CCC(C)N(CC)c1cc(C(=N)N)c2ccccc2n1. The van der Waals surface area contributed by atoms with E-state index in [9.17, 15) is 0 Å².